The van der Waals surface area contributed by atoms with Crippen molar-refractivity contribution in [3.05, 3.63) is 41.7 Å². The van der Waals surface area contributed by atoms with Gasteiger partial charge in [-0.1, -0.05) is 43.7 Å². The van der Waals surface area contributed by atoms with Crippen LogP contribution in [0.25, 0.3) is 0 Å². The molecule has 0 fully saturated rings. The molecular formula is C12H16N4. The van der Waals surface area contributed by atoms with Gasteiger partial charge in [0.05, 0.1) is 6.54 Å². The summed E-state index contributed by atoms with van der Waals surface area (Å²) in [6.45, 7) is 2.93. The first-order chi connectivity index (χ1) is 7.90. The normalized spacial score (nSPS) is 10.6. The molecule has 0 radical (unpaired) electrons. The van der Waals surface area contributed by atoms with Gasteiger partial charge in [-0.05, 0) is 22.4 Å². The highest BCUT2D eigenvalue weighted by Gasteiger charge is 2.05. The molecule has 0 atom stereocenters. The standard InChI is InChI=1S/C12H16N4/c1-2-3-9-12-13-14-15-16(12)10-11-7-5-4-6-8-11/h4-8H,2-3,9-10H2,1H3. The first-order valence-electron chi connectivity index (χ1n) is 5.69. The van der Waals surface area contributed by atoms with Gasteiger partial charge in [0.2, 0.25) is 0 Å². The number of benzene rings is 1. The van der Waals surface area contributed by atoms with Crippen molar-refractivity contribution >= 4 is 0 Å². The van der Waals surface area contributed by atoms with E-state index in [1.165, 1.54) is 5.56 Å². The largest absolute Gasteiger partial charge is 0.225 e. The van der Waals surface area contributed by atoms with Crippen LogP contribution >= 0.6 is 0 Å². The zero-order valence-electron chi connectivity index (χ0n) is 9.50. The quantitative estimate of drug-likeness (QED) is 0.768. The Kier molecular flexibility index (Phi) is 3.64. The Morgan fingerprint density at radius 2 is 2.00 bits per heavy atom. The minimum atomic E-state index is 0.757. The second-order valence-corrected chi connectivity index (χ2v) is 3.84. The number of tetrazole rings is 1. The second kappa shape index (κ2) is 5.39. The molecule has 0 spiro atoms. The van der Waals surface area contributed by atoms with Crippen molar-refractivity contribution in [2.75, 3.05) is 0 Å². The number of hydrogen-bond donors (Lipinski definition) is 0. The number of aromatic nitrogens is 4. The third-order valence-corrected chi connectivity index (χ3v) is 2.54. The molecule has 0 saturated carbocycles. The van der Waals surface area contributed by atoms with Crippen molar-refractivity contribution in [1.82, 2.24) is 20.2 Å². The van der Waals surface area contributed by atoms with Gasteiger partial charge in [0.15, 0.2) is 5.82 Å². The Hall–Kier alpha value is -1.71. The van der Waals surface area contributed by atoms with Gasteiger partial charge < -0.3 is 0 Å². The first-order valence-corrected chi connectivity index (χ1v) is 5.69. The molecule has 0 bridgehead atoms. The van der Waals surface area contributed by atoms with Crippen molar-refractivity contribution in [1.29, 1.82) is 0 Å². The molecule has 16 heavy (non-hydrogen) atoms. The zero-order valence-corrected chi connectivity index (χ0v) is 9.50. The molecule has 2 aromatic rings. The summed E-state index contributed by atoms with van der Waals surface area (Å²) < 4.78 is 1.88. The Labute approximate surface area is 95.3 Å². The second-order valence-electron chi connectivity index (χ2n) is 3.84. The van der Waals surface area contributed by atoms with E-state index in [4.69, 9.17) is 0 Å². The maximum Gasteiger partial charge on any atom is 0.151 e. The van der Waals surface area contributed by atoms with Crippen LogP contribution in [0.1, 0.15) is 31.2 Å². The minimum absolute atomic E-state index is 0.757. The molecule has 0 saturated heterocycles. The summed E-state index contributed by atoms with van der Waals surface area (Å²) in [5, 5.41) is 11.8. The minimum Gasteiger partial charge on any atom is -0.225 e. The van der Waals surface area contributed by atoms with Gasteiger partial charge in [0.1, 0.15) is 0 Å². The van der Waals surface area contributed by atoms with Crippen LogP contribution in [-0.2, 0) is 13.0 Å². The van der Waals surface area contributed by atoms with Crippen LogP contribution in [0.3, 0.4) is 0 Å². The zero-order chi connectivity index (χ0) is 11.2. The van der Waals surface area contributed by atoms with Crippen LogP contribution < -0.4 is 0 Å². The Morgan fingerprint density at radius 3 is 2.75 bits per heavy atom. The van der Waals surface area contributed by atoms with Crippen LogP contribution in [0.4, 0.5) is 0 Å². The fourth-order valence-electron chi connectivity index (χ4n) is 1.62. The van der Waals surface area contributed by atoms with Gasteiger partial charge >= 0.3 is 0 Å². The first kappa shape index (κ1) is 10.8. The molecule has 0 aliphatic carbocycles. The van der Waals surface area contributed by atoms with E-state index in [1.807, 2.05) is 22.9 Å². The summed E-state index contributed by atoms with van der Waals surface area (Å²) in [5.74, 6) is 0.978. The van der Waals surface area contributed by atoms with E-state index in [9.17, 15) is 0 Å². The SMILES string of the molecule is CCCCc1nnnn1Cc1ccccc1. The van der Waals surface area contributed by atoms with Crippen molar-refractivity contribution < 1.29 is 0 Å². The third-order valence-electron chi connectivity index (χ3n) is 2.54. The molecule has 1 aromatic carbocycles. The highest BCUT2D eigenvalue weighted by atomic mass is 15.5. The number of aryl methyl sites for hydroxylation is 1. The van der Waals surface area contributed by atoms with Gasteiger partial charge in [-0.25, -0.2) is 4.68 Å². The summed E-state index contributed by atoms with van der Waals surface area (Å²) in [6, 6.07) is 10.3. The smallest absolute Gasteiger partial charge is 0.151 e. The van der Waals surface area contributed by atoms with E-state index in [2.05, 4.69) is 34.6 Å². The number of unbranched alkanes of at least 4 members (excludes halogenated alkanes) is 1. The molecular weight excluding hydrogens is 200 g/mol. The number of rotatable bonds is 5. The predicted octanol–water partition coefficient (Wildman–Crippen LogP) is 2.06. The molecule has 0 unspecified atom stereocenters. The van der Waals surface area contributed by atoms with E-state index in [-0.39, 0.29) is 0 Å². The average molecular weight is 216 g/mol. The Balaban J connectivity index is 2.07. The average Bonchev–Trinajstić information content (AvgIpc) is 2.75. The van der Waals surface area contributed by atoms with Crippen LogP contribution in [0.5, 0.6) is 0 Å². The van der Waals surface area contributed by atoms with Gasteiger partial charge in [0.25, 0.3) is 0 Å². The van der Waals surface area contributed by atoms with Crippen molar-refractivity contribution in [3.63, 3.8) is 0 Å². The fraction of sp³-hybridized carbons (Fsp3) is 0.417. The lowest BCUT2D eigenvalue weighted by atomic mass is 10.2. The van der Waals surface area contributed by atoms with E-state index >= 15 is 0 Å². The molecule has 0 N–H and O–H groups in total. The van der Waals surface area contributed by atoms with Gasteiger partial charge in [-0.2, -0.15) is 0 Å². The van der Waals surface area contributed by atoms with Crippen LogP contribution in [0.2, 0.25) is 0 Å². The molecule has 2 rings (SSSR count). The summed E-state index contributed by atoms with van der Waals surface area (Å²) >= 11 is 0. The topological polar surface area (TPSA) is 43.6 Å². The van der Waals surface area contributed by atoms with Gasteiger partial charge in [-0.3, -0.25) is 0 Å². The van der Waals surface area contributed by atoms with Crippen LogP contribution in [0, 0.1) is 0 Å². The Bertz CT molecular complexity index is 422. The molecule has 0 aliphatic heterocycles. The predicted molar refractivity (Wildman–Crippen MR) is 62.0 cm³/mol. The Morgan fingerprint density at radius 1 is 1.19 bits per heavy atom. The van der Waals surface area contributed by atoms with Crippen LogP contribution in [0.15, 0.2) is 30.3 Å². The van der Waals surface area contributed by atoms with E-state index in [0.717, 1.165) is 31.6 Å². The van der Waals surface area contributed by atoms with E-state index < -0.39 is 0 Å². The van der Waals surface area contributed by atoms with Crippen LogP contribution in [-0.4, -0.2) is 20.2 Å². The third kappa shape index (κ3) is 2.66. The number of hydrogen-bond acceptors (Lipinski definition) is 3. The summed E-state index contributed by atoms with van der Waals surface area (Å²) in [4.78, 5) is 0. The summed E-state index contributed by atoms with van der Waals surface area (Å²) in [6.07, 6.45) is 3.25. The lowest BCUT2D eigenvalue weighted by molar-refractivity contribution is 0.605. The number of nitrogens with zero attached hydrogens (tertiary/aromatic N) is 4. The molecule has 4 nitrogen and oxygen atoms in total. The van der Waals surface area contributed by atoms with Crippen molar-refractivity contribution in [2.24, 2.45) is 0 Å². The monoisotopic (exact) mass is 216 g/mol. The van der Waals surface area contributed by atoms with Gasteiger partial charge in [0, 0.05) is 6.42 Å². The summed E-state index contributed by atoms with van der Waals surface area (Å²) in [7, 11) is 0. The highest BCUT2D eigenvalue weighted by Crippen LogP contribution is 2.05. The lowest BCUT2D eigenvalue weighted by Gasteiger charge is -2.03. The van der Waals surface area contributed by atoms with E-state index in [0.29, 0.717) is 0 Å². The maximum atomic E-state index is 4.05. The van der Waals surface area contributed by atoms with Gasteiger partial charge in [-0.15, -0.1) is 5.10 Å². The molecule has 1 aromatic heterocycles. The maximum absolute atomic E-state index is 4.05. The molecule has 0 aliphatic rings. The molecule has 4 heteroatoms. The van der Waals surface area contributed by atoms with Crippen molar-refractivity contribution in [3.8, 4) is 0 Å². The molecule has 84 valence electrons. The fourth-order valence-corrected chi connectivity index (χ4v) is 1.62. The molecule has 1 heterocycles. The summed E-state index contributed by atoms with van der Waals surface area (Å²) in [5.41, 5.74) is 1.23. The highest BCUT2D eigenvalue weighted by molar-refractivity contribution is 5.14. The van der Waals surface area contributed by atoms with E-state index in [1.54, 1.807) is 0 Å². The lowest BCUT2D eigenvalue weighted by Crippen LogP contribution is -2.07. The molecule has 0 amide bonds. The van der Waals surface area contributed by atoms with Crippen molar-refractivity contribution in [2.45, 2.75) is 32.7 Å².